The highest BCUT2D eigenvalue weighted by molar-refractivity contribution is 6.19. The summed E-state index contributed by atoms with van der Waals surface area (Å²) in [5, 5.41) is 0. The molecule has 1 aromatic rings. The lowest BCUT2D eigenvalue weighted by Crippen LogP contribution is -2.13. The van der Waals surface area contributed by atoms with Crippen LogP contribution >= 0.6 is 0 Å². The summed E-state index contributed by atoms with van der Waals surface area (Å²) in [6.45, 7) is 11.0. The number of allylic oxidation sites excluding steroid dienone is 9. The summed E-state index contributed by atoms with van der Waals surface area (Å²) in [5.41, 5.74) is 11.5. The predicted molar refractivity (Wildman–Crippen MR) is 126 cm³/mol. The van der Waals surface area contributed by atoms with Crippen molar-refractivity contribution in [1.82, 2.24) is 0 Å². The van der Waals surface area contributed by atoms with Crippen molar-refractivity contribution in [1.29, 1.82) is 0 Å². The Morgan fingerprint density at radius 2 is 1.59 bits per heavy atom. The fraction of sp³-hybridized carbons (Fsp3) is 0.286. The fourth-order valence-corrected chi connectivity index (χ4v) is 4.63. The average Bonchev–Trinajstić information content (AvgIpc) is 3.28. The number of carbonyl (C=O) groups excluding carboxylic acids is 2. The van der Waals surface area contributed by atoms with Gasteiger partial charge in [0.25, 0.3) is 0 Å². The van der Waals surface area contributed by atoms with Crippen LogP contribution in [-0.4, -0.2) is 11.9 Å². The van der Waals surface area contributed by atoms with Gasteiger partial charge >= 0.3 is 11.9 Å². The zero-order chi connectivity index (χ0) is 23.0. The largest absolute Gasteiger partial charge is 0.382 e. The third-order valence-corrected chi connectivity index (χ3v) is 6.17. The molecule has 164 valence electrons. The minimum atomic E-state index is -0.753. The van der Waals surface area contributed by atoms with Crippen LogP contribution in [0.4, 0.5) is 0 Å². The van der Waals surface area contributed by atoms with Crippen molar-refractivity contribution in [2.75, 3.05) is 0 Å². The van der Waals surface area contributed by atoms with Crippen LogP contribution in [0.1, 0.15) is 64.5 Å². The summed E-state index contributed by atoms with van der Waals surface area (Å²) in [5.74, 6) is -1.41. The van der Waals surface area contributed by atoms with E-state index >= 15 is 0 Å². The molecular formula is C28H28O4. The normalized spacial score (nSPS) is 17.4. The Morgan fingerprint density at radius 3 is 2.22 bits per heavy atom. The van der Waals surface area contributed by atoms with Crippen LogP contribution in [-0.2, 0) is 19.4 Å². The minimum absolute atomic E-state index is 0.170. The van der Waals surface area contributed by atoms with Crippen molar-refractivity contribution in [2.24, 2.45) is 0 Å². The van der Waals surface area contributed by atoms with Gasteiger partial charge in [-0.15, -0.1) is 0 Å². The molecule has 0 radical (unpaired) electrons. The standard InChI is InChI=1S/C28H28O4/c1-16(2)9-8-10-19-13-14-22-23(15-19)26-21-12-7-6-11-20(21)25(22)24(26)18(5)28(30)32-31-27(29)17(3)4/h6-7,9,11-13H,3,8,10,14-15H2,1-2,4-5H3/b24-18+. The van der Waals surface area contributed by atoms with Crippen molar-refractivity contribution in [3.05, 3.63) is 93.1 Å². The molecule has 0 fully saturated rings. The molecule has 3 aliphatic rings. The lowest BCUT2D eigenvalue weighted by molar-refractivity contribution is -0.252. The van der Waals surface area contributed by atoms with Crippen molar-refractivity contribution >= 4 is 23.1 Å². The van der Waals surface area contributed by atoms with Gasteiger partial charge in [0.1, 0.15) is 0 Å². The van der Waals surface area contributed by atoms with Gasteiger partial charge in [-0.1, -0.05) is 54.1 Å². The monoisotopic (exact) mass is 428 g/mol. The number of hydrogen-bond acceptors (Lipinski definition) is 4. The van der Waals surface area contributed by atoms with Gasteiger partial charge in [-0.25, -0.2) is 19.4 Å². The van der Waals surface area contributed by atoms with E-state index < -0.39 is 11.9 Å². The first-order chi connectivity index (χ1) is 15.3. The van der Waals surface area contributed by atoms with E-state index in [9.17, 15) is 9.59 Å². The maximum Gasteiger partial charge on any atom is 0.382 e. The zero-order valence-corrected chi connectivity index (χ0v) is 19.1. The van der Waals surface area contributed by atoms with Crippen molar-refractivity contribution in [3.8, 4) is 0 Å². The Morgan fingerprint density at radius 1 is 0.969 bits per heavy atom. The van der Waals surface area contributed by atoms with Crippen molar-refractivity contribution in [2.45, 2.75) is 53.4 Å². The van der Waals surface area contributed by atoms with Gasteiger partial charge in [-0.2, -0.15) is 0 Å². The Bertz CT molecular complexity index is 1190. The lowest BCUT2D eigenvalue weighted by Gasteiger charge is -2.22. The summed E-state index contributed by atoms with van der Waals surface area (Å²) in [7, 11) is 0. The molecule has 0 saturated carbocycles. The molecule has 2 bridgehead atoms. The first-order valence-corrected chi connectivity index (χ1v) is 11.0. The van der Waals surface area contributed by atoms with E-state index in [-0.39, 0.29) is 5.57 Å². The van der Waals surface area contributed by atoms with E-state index in [0.29, 0.717) is 5.57 Å². The van der Waals surface area contributed by atoms with Crippen LogP contribution < -0.4 is 0 Å². The van der Waals surface area contributed by atoms with Gasteiger partial charge in [-0.3, -0.25) is 0 Å². The molecule has 3 aliphatic carbocycles. The minimum Gasteiger partial charge on any atom is -0.242 e. The molecule has 0 heterocycles. The van der Waals surface area contributed by atoms with E-state index in [1.54, 1.807) is 6.92 Å². The summed E-state index contributed by atoms with van der Waals surface area (Å²) >= 11 is 0. The van der Waals surface area contributed by atoms with E-state index in [0.717, 1.165) is 53.5 Å². The summed E-state index contributed by atoms with van der Waals surface area (Å²) in [6, 6.07) is 8.27. The first kappa shape index (κ1) is 21.8. The Labute approximate surface area is 189 Å². The van der Waals surface area contributed by atoms with Gasteiger partial charge in [0, 0.05) is 16.7 Å². The molecule has 0 atom stereocenters. The molecule has 0 unspecified atom stereocenters. The maximum absolute atomic E-state index is 12.8. The van der Waals surface area contributed by atoms with Crippen LogP contribution in [0.25, 0.3) is 11.1 Å². The number of fused-ring (bicyclic) bond motifs is 6. The Hall–Kier alpha value is -3.40. The van der Waals surface area contributed by atoms with Gasteiger partial charge in [0.15, 0.2) is 0 Å². The Kier molecular flexibility index (Phi) is 5.88. The highest BCUT2D eigenvalue weighted by Gasteiger charge is 2.41. The number of benzene rings is 1. The van der Waals surface area contributed by atoms with Crippen LogP contribution in [0.3, 0.4) is 0 Å². The molecule has 0 aromatic heterocycles. The zero-order valence-electron chi connectivity index (χ0n) is 19.1. The molecule has 4 nitrogen and oxygen atoms in total. The van der Waals surface area contributed by atoms with Gasteiger partial charge in [0.2, 0.25) is 0 Å². The third-order valence-electron chi connectivity index (χ3n) is 6.17. The van der Waals surface area contributed by atoms with Crippen LogP contribution in [0.2, 0.25) is 0 Å². The van der Waals surface area contributed by atoms with E-state index in [2.05, 4.69) is 49.6 Å². The molecule has 0 aliphatic heterocycles. The summed E-state index contributed by atoms with van der Waals surface area (Å²) < 4.78 is 0. The van der Waals surface area contributed by atoms with E-state index in [4.69, 9.17) is 4.89 Å². The second-order valence-corrected chi connectivity index (χ2v) is 8.84. The lowest BCUT2D eigenvalue weighted by atomic mass is 9.82. The molecule has 32 heavy (non-hydrogen) atoms. The van der Waals surface area contributed by atoms with E-state index in [1.165, 1.54) is 29.2 Å². The Balaban J connectivity index is 1.69. The first-order valence-electron chi connectivity index (χ1n) is 11.0. The molecule has 4 rings (SSSR count). The molecule has 1 aromatic carbocycles. The van der Waals surface area contributed by atoms with Crippen molar-refractivity contribution in [3.63, 3.8) is 0 Å². The maximum atomic E-state index is 12.8. The average molecular weight is 429 g/mol. The van der Waals surface area contributed by atoms with E-state index in [1.807, 2.05) is 12.1 Å². The number of rotatable bonds is 5. The second kappa shape index (κ2) is 8.62. The van der Waals surface area contributed by atoms with Crippen LogP contribution in [0, 0.1) is 0 Å². The summed E-state index contributed by atoms with van der Waals surface area (Å²) in [4.78, 5) is 33.9. The molecule has 0 saturated heterocycles. The summed E-state index contributed by atoms with van der Waals surface area (Å²) in [6.07, 6.45) is 8.47. The topological polar surface area (TPSA) is 52.6 Å². The molecular weight excluding hydrogens is 400 g/mol. The fourth-order valence-electron chi connectivity index (χ4n) is 4.63. The highest BCUT2D eigenvalue weighted by Crippen LogP contribution is 2.59. The van der Waals surface area contributed by atoms with Crippen molar-refractivity contribution < 1.29 is 19.4 Å². The SMILES string of the molecule is C=C(C)C(=O)OOC(=O)/C(C)=C1\C2=C3CC=C(CCC=C(C)C)CC3=C1c1ccccc12. The van der Waals surface area contributed by atoms with Crippen LogP contribution in [0.5, 0.6) is 0 Å². The molecule has 0 amide bonds. The molecule has 0 N–H and O–H groups in total. The van der Waals surface area contributed by atoms with Gasteiger partial charge in [0.05, 0.1) is 0 Å². The second-order valence-electron chi connectivity index (χ2n) is 8.84. The van der Waals surface area contributed by atoms with Crippen LogP contribution in [0.15, 0.2) is 82.0 Å². The predicted octanol–water partition coefficient (Wildman–Crippen LogP) is 6.58. The smallest absolute Gasteiger partial charge is 0.242 e. The van der Waals surface area contributed by atoms with Gasteiger partial charge < -0.3 is 0 Å². The number of carbonyl (C=O) groups is 2. The quantitative estimate of drug-likeness (QED) is 0.230. The molecule has 4 heteroatoms. The van der Waals surface area contributed by atoms with Gasteiger partial charge in [-0.05, 0) is 86.8 Å². The number of hydrogen-bond donors (Lipinski definition) is 0. The molecule has 0 spiro atoms. The highest BCUT2D eigenvalue weighted by atomic mass is 17.2. The third kappa shape index (κ3) is 3.81.